The van der Waals surface area contributed by atoms with E-state index in [9.17, 15) is 9.59 Å². The Morgan fingerprint density at radius 3 is 2.56 bits per heavy atom. The van der Waals surface area contributed by atoms with Gasteiger partial charge in [0.05, 0.1) is 11.1 Å². The van der Waals surface area contributed by atoms with Gasteiger partial charge in [-0.05, 0) is 44.2 Å². The van der Waals surface area contributed by atoms with Crippen LogP contribution >= 0.6 is 0 Å². The Morgan fingerprint density at radius 2 is 1.75 bits per heavy atom. The Labute approximate surface area is 210 Å². The largest absolute Gasteiger partial charge is 0.444 e. The smallest absolute Gasteiger partial charge is 0.340 e. The van der Waals surface area contributed by atoms with E-state index in [0.29, 0.717) is 23.4 Å². The molecule has 1 atom stereocenters. The maximum absolute atomic E-state index is 13.9. The summed E-state index contributed by atoms with van der Waals surface area (Å²) in [5.41, 5.74) is 6.30. The normalized spacial score (nSPS) is 14.2. The molecule has 0 saturated carbocycles. The molecule has 3 aromatic carbocycles. The Bertz CT molecular complexity index is 1450. The van der Waals surface area contributed by atoms with Gasteiger partial charge in [-0.3, -0.25) is 9.78 Å². The highest BCUT2D eigenvalue weighted by molar-refractivity contribution is 6.06. The minimum absolute atomic E-state index is 0.396. The predicted molar refractivity (Wildman–Crippen MR) is 141 cm³/mol. The zero-order chi connectivity index (χ0) is 25.2. The number of aryl methyl sites for hydroxylation is 2. The first-order valence-corrected chi connectivity index (χ1v) is 12.1. The van der Waals surface area contributed by atoms with E-state index >= 15 is 0 Å². The third-order valence-electron chi connectivity index (χ3n) is 6.66. The molecule has 6 nitrogen and oxygen atoms in total. The number of benzene rings is 3. The number of hydrogen-bond acceptors (Lipinski definition) is 5. The summed E-state index contributed by atoms with van der Waals surface area (Å²) in [4.78, 5) is 34.4. The SMILES string of the molecule is Cc1ccc(C)c(NC(=O)C(OC(=O)c2c3c(nc4ccccc24)CCN(C)C3)c2ccccc2)c1. The van der Waals surface area contributed by atoms with Gasteiger partial charge in [0, 0.05) is 47.4 Å². The number of nitrogens with one attached hydrogen (secondary N) is 1. The van der Waals surface area contributed by atoms with Crippen LogP contribution in [0, 0.1) is 13.8 Å². The van der Waals surface area contributed by atoms with Gasteiger partial charge in [0.1, 0.15) is 0 Å². The summed E-state index contributed by atoms with van der Waals surface area (Å²) in [6.45, 7) is 5.38. The maximum atomic E-state index is 13.9. The second-order valence-corrected chi connectivity index (χ2v) is 9.42. The van der Waals surface area contributed by atoms with Crippen molar-refractivity contribution in [2.45, 2.75) is 32.9 Å². The third-order valence-corrected chi connectivity index (χ3v) is 6.66. The lowest BCUT2D eigenvalue weighted by Crippen LogP contribution is -2.31. The van der Waals surface area contributed by atoms with Gasteiger partial charge in [-0.1, -0.05) is 60.7 Å². The second-order valence-electron chi connectivity index (χ2n) is 9.42. The highest BCUT2D eigenvalue weighted by atomic mass is 16.5. The van der Waals surface area contributed by atoms with Crippen molar-refractivity contribution >= 4 is 28.5 Å². The maximum Gasteiger partial charge on any atom is 0.340 e. The molecular weight excluding hydrogens is 450 g/mol. The van der Waals surface area contributed by atoms with E-state index in [4.69, 9.17) is 9.72 Å². The van der Waals surface area contributed by atoms with Crippen LogP contribution in [-0.4, -0.2) is 35.4 Å². The van der Waals surface area contributed by atoms with Crippen LogP contribution < -0.4 is 5.32 Å². The molecule has 0 aliphatic carbocycles. The van der Waals surface area contributed by atoms with Crippen LogP contribution in [0.3, 0.4) is 0 Å². The number of amides is 1. The number of nitrogens with zero attached hydrogens (tertiary/aromatic N) is 2. The molecule has 36 heavy (non-hydrogen) atoms. The fourth-order valence-corrected chi connectivity index (χ4v) is 4.69. The number of hydrogen-bond donors (Lipinski definition) is 1. The van der Waals surface area contributed by atoms with E-state index < -0.39 is 18.0 Å². The van der Waals surface area contributed by atoms with Crippen molar-refractivity contribution < 1.29 is 14.3 Å². The summed E-state index contributed by atoms with van der Waals surface area (Å²) < 4.78 is 6.04. The zero-order valence-corrected chi connectivity index (χ0v) is 20.7. The number of carbonyl (C=O) groups excluding carboxylic acids is 2. The summed E-state index contributed by atoms with van der Waals surface area (Å²) >= 11 is 0. The molecule has 1 N–H and O–H groups in total. The van der Waals surface area contributed by atoms with E-state index in [1.165, 1.54) is 0 Å². The molecule has 5 rings (SSSR count). The molecule has 1 aliphatic heterocycles. The van der Waals surface area contributed by atoms with Gasteiger partial charge in [-0.2, -0.15) is 0 Å². The predicted octanol–water partition coefficient (Wildman–Crippen LogP) is 5.38. The number of likely N-dealkylation sites (N-methyl/N-ethyl adjacent to an activating group) is 1. The van der Waals surface area contributed by atoms with Crippen LogP contribution in [0.25, 0.3) is 10.9 Å². The summed E-state index contributed by atoms with van der Waals surface area (Å²) in [6, 6.07) is 22.6. The van der Waals surface area contributed by atoms with E-state index in [2.05, 4.69) is 10.2 Å². The first-order valence-electron chi connectivity index (χ1n) is 12.1. The topological polar surface area (TPSA) is 71.5 Å². The monoisotopic (exact) mass is 479 g/mol. The zero-order valence-electron chi connectivity index (χ0n) is 20.7. The molecule has 0 radical (unpaired) electrons. The Balaban J connectivity index is 1.54. The average molecular weight is 480 g/mol. The summed E-state index contributed by atoms with van der Waals surface area (Å²) in [6.07, 6.45) is -0.353. The molecule has 1 aromatic heterocycles. The van der Waals surface area contributed by atoms with Crippen molar-refractivity contribution in [3.63, 3.8) is 0 Å². The molecule has 6 heteroatoms. The van der Waals surface area contributed by atoms with Crippen LogP contribution in [0.2, 0.25) is 0 Å². The average Bonchev–Trinajstić information content (AvgIpc) is 2.88. The number of anilines is 1. The van der Waals surface area contributed by atoms with E-state index in [1.807, 2.05) is 81.6 Å². The number of aromatic nitrogens is 1. The number of rotatable bonds is 5. The molecule has 0 saturated heterocycles. The van der Waals surface area contributed by atoms with Crippen molar-refractivity contribution in [3.8, 4) is 0 Å². The number of pyridine rings is 1. The Morgan fingerprint density at radius 1 is 1.00 bits per heavy atom. The van der Waals surface area contributed by atoms with E-state index in [1.54, 1.807) is 12.1 Å². The number of fused-ring (bicyclic) bond motifs is 2. The van der Waals surface area contributed by atoms with Gasteiger partial charge >= 0.3 is 5.97 Å². The second kappa shape index (κ2) is 9.91. The van der Waals surface area contributed by atoms with Gasteiger partial charge in [0.2, 0.25) is 6.10 Å². The highest BCUT2D eigenvalue weighted by Gasteiger charge is 2.30. The van der Waals surface area contributed by atoms with Gasteiger partial charge in [0.15, 0.2) is 0 Å². The molecule has 0 bridgehead atoms. The number of ether oxygens (including phenoxy) is 1. The third kappa shape index (κ3) is 4.72. The van der Waals surface area contributed by atoms with Crippen molar-refractivity contribution in [3.05, 3.63) is 106 Å². The molecule has 1 unspecified atom stereocenters. The molecule has 1 aliphatic rings. The van der Waals surface area contributed by atoms with Crippen LogP contribution in [0.5, 0.6) is 0 Å². The lowest BCUT2D eigenvalue weighted by atomic mass is 9.96. The minimum atomic E-state index is -1.11. The van der Waals surface area contributed by atoms with Crippen molar-refractivity contribution in [2.24, 2.45) is 0 Å². The Kier molecular flexibility index (Phi) is 6.53. The number of para-hydroxylation sites is 1. The van der Waals surface area contributed by atoms with Crippen LogP contribution in [0.4, 0.5) is 5.69 Å². The number of carbonyl (C=O) groups is 2. The van der Waals surface area contributed by atoms with Gasteiger partial charge in [-0.25, -0.2) is 4.79 Å². The van der Waals surface area contributed by atoms with E-state index in [-0.39, 0.29) is 0 Å². The van der Waals surface area contributed by atoms with Gasteiger partial charge in [0.25, 0.3) is 5.91 Å². The van der Waals surface area contributed by atoms with Crippen molar-refractivity contribution in [2.75, 3.05) is 18.9 Å². The summed E-state index contributed by atoms with van der Waals surface area (Å²) in [5, 5.41) is 3.71. The van der Waals surface area contributed by atoms with Crippen molar-refractivity contribution in [1.82, 2.24) is 9.88 Å². The molecule has 4 aromatic rings. The fourth-order valence-electron chi connectivity index (χ4n) is 4.69. The molecule has 2 heterocycles. The van der Waals surface area contributed by atoms with Gasteiger partial charge in [-0.15, -0.1) is 0 Å². The molecule has 0 spiro atoms. The summed E-state index contributed by atoms with van der Waals surface area (Å²) in [5.74, 6) is -0.919. The molecule has 0 fully saturated rings. The first-order chi connectivity index (χ1) is 17.4. The van der Waals surface area contributed by atoms with E-state index in [0.717, 1.165) is 46.3 Å². The quantitative estimate of drug-likeness (QED) is 0.389. The van der Waals surface area contributed by atoms with Crippen LogP contribution in [0.1, 0.15) is 44.4 Å². The number of esters is 1. The lowest BCUT2D eigenvalue weighted by Gasteiger charge is -2.27. The van der Waals surface area contributed by atoms with Crippen molar-refractivity contribution in [1.29, 1.82) is 0 Å². The fraction of sp³-hybridized carbons (Fsp3) is 0.233. The first kappa shape index (κ1) is 23.7. The standard InChI is InChI=1S/C30H29N3O3/c1-19-13-14-20(2)26(17-19)32-29(34)28(21-9-5-4-6-10-21)36-30(35)27-22-11-7-8-12-24(22)31-25-15-16-33(3)18-23(25)27/h4-14,17,28H,15-16,18H2,1-3H3,(H,32,34). The minimum Gasteiger partial charge on any atom is -0.444 e. The Hall–Kier alpha value is -4.03. The summed E-state index contributed by atoms with van der Waals surface area (Å²) in [7, 11) is 2.03. The molecular formula is C30H29N3O3. The highest BCUT2D eigenvalue weighted by Crippen LogP contribution is 2.31. The van der Waals surface area contributed by atoms with Crippen LogP contribution in [-0.2, 0) is 22.5 Å². The lowest BCUT2D eigenvalue weighted by molar-refractivity contribution is -0.125. The van der Waals surface area contributed by atoms with Crippen LogP contribution in [0.15, 0.2) is 72.8 Å². The molecule has 1 amide bonds. The van der Waals surface area contributed by atoms with Gasteiger partial charge < -0.3 is 15.0 Å². The molecule has 182 valence electrons.